The van der Waals surface area contributed by atoms with Crippen LogP contribution >= 0.6 is 0 Å². The van der Waals surface area contributed by atoms with Gasteiger partial charge in [0.05, 0.1) is 0 Å². The third-order valence-electron chi connectivity index (χ3n) is 2.86. The summed E-state index contributed by atoms with van der Waals surface area (Å²) in [5.41, 5.74) is 3.24. The third kappa shape index (κ3) is 5.62. The van der Waals surface area contributed by atoms with Crippen LogP contribution in [0.25, 0.3) is 0 Å². The number of carbonyl (C=O) groups excluding carboxylic acids is 2. The van der Waals surface area contributed by atoms with Crippen LogP contribution in [-0.2, 0) is 16.0 Å². The smallest absolute Gasteiger partial charge is 0.211 e. The van der Waals surface area contributed by atoms with Gasteiger partial charge in [-0.25, -0.2) is 0 Å². The van der Waals surface area contributed by atoms with E-state index in [1.165, 1.54) is 5.56 Å². The lowest BCUT2D eigenvalue weighted by molar-refractivity contribution is -0.117. The van der Waals surface area contributed by atoms with Crippen molar-refractivity contribution in [1.82, 2.24) is 0 Å². The van der Waals surface area contributed by atoms with E-state index in [4.69, 9.17) is 0 Å². The monoisotopic (exact) mass is 247 g/mol. The molecule has 0 aliphatic carbocycles. The fraction of sp³-hybridized carbons (Fsp3) is 0.467. The molecule has 0 saturated heterocycles. The highest BCUT2D eigenvalue weighted by Gasteiger charge is 1.99. The molecular formula is C15H21NO2. The first-order valence-electron chi connectivity index (χ1n) is 6.42. The number of amides is 1. The minimum absolute atomic E-state index is 0.267. The summed E-state index contributed by atoms with van der Waals surface area (Å²) >= 11 is 0. The number of hydrogen-bond donors (Lipinski definition) is 1. The van der Waals surface area contributed by atoms with Crippen molar-refractivity contribution in [2.45, 2.75) is 46.0 Å². The number of rotatable bonds is 8. The molecule has 1 N–H and O–H groups in total. The molecule has 0 unspecified atom stereocenters. The maximum Gasteiger partial charge on any atom is 0.211 e. The summed E-state index contributed by atoms with van der Waals surface area (Å²) in [4.78, 5) is 21.2. The Labute approximate surface area is 109 Å². The van der Waals surface area contributed by atoms with Gasteiger partial charge in [0.15, 0.2) is 0 Å². The van der Waals surface area contributed by atoms with Crippen molar-refractivity contribution >= 4 is 17.9 Å². The zero-order valence-corrected chi connectivity index (χ0v) is 11.2. The highest BCUT2D eigenvalue weighted by Crippen LogP contribution is 2.16. The van der Waals surface area contributed by atoms with Gasteiger partial charge in [0.2, 0.25) is 6.41 Å². The molecule has 18 heavy (non-hydrogen) atoms. The van der Waals surface area contributed by atoms with E-state index in [1.54, 1.807) is 6.92 Å². The average molecular weight is 247 g/mol. The molecule has 0 aliphatic heterocycles. The van der Waals surface area contributed by atoms with E-state index in [2.05, 4.69) is 11.4 Å². The van der Waals surface area contributed by atoms with Crippen LogP contribution in [0.2, 0.25) is 0 Å². The highest BCUT2D eigenvalue weighted by molar-refractivity contribution is 5.75. The summed E-state index contributed by atoms with van der Waals surface area (Å²) in [7, 11) is 0. The fourth-order valence-corrected chi connectivity index (χ4v) is 2.04. The lowest BCUT2D eigenvalue weighted by Gasteiger charge is -2.06. The molecule has 0 aliphatic rings. The third-order valence-corrected chi connectivity index (χ3v) is 2.86. The van der Waals surface area contributed by atoms with Gasteiger partial charge in [-0.2, -0.15) is 0 Å². The summed E-state index contributed by atoms with van der Waals surface area (Å²) in [6.45, 7) is 3.66. The Kier molecular flexibility index (Phi) is 6.12. The van der Waals surface area contributed by atoms with E-state index < -0.39 is 0 Å². The van der Waals surface area contributed by atoms with Crippen molar-refractivity contribution in [3.63, 3.8) is 0 Å². The van der Waals surface area contributed by atoms with Gasteiger partial charge in [0, 0.05) is 12.1 Å². The maximum atomic E-state index is 10.8. The quantitative estimate of drug-likeness (QED) is 0.566. The van der Waals surface area contributed by atoms with Gasteiger partial charge in [-0.05, 0) is 56.4 Å². The molecule has 0 atom stereocenters. The van der Waals surface area contributed by atoms with Crippen LogP contribution in [0.3, 0.4) is 0 Å². The largest absolute Gasteiger partial charge is 0.329 e. The SMILES string of the molecule is CC(=O)CCCCCc1cc(C)cc(NC=O)c1. The van der Waals surface area contributed by atoms with Gasteiger partial charge in [-0.3, -0.25) is 4.79 Å². The second kappa shape index (κ2) is 7.64. The van der Waals surface area contributed by atoms with Crippen molar-refractivity contribution in [1.29, 1.82) is 0 Å². The Hall–Kier alpha value is -1.64. The number of unbranched alkanes of at least 4 members (excludes halogenated alkanes) is 2. The number of hydrogen-bond acceptors (Lipinski definition) is 2. The minimum atomic E-state index is 0.267. The van der Waals surface area contributed by atoms with Crippen LogP contribution in [-0.4, -0.2) is 12.2 Å². The van der Waals surface area contributed by atoms with Crippen molar-refractivity contribution in [3.8, 4) is 0 Å². The van der Waals surface area contributed by atoms with E-state index in [1.807, 2.05) is 19.1 Å². The van der Waals surface area contributed by atoms with Crippen LogP contribution in [0.1, 0.15) is 43.7 Å². The number of nitrogens with one attached hydrogen (secondary N) is 1. The number of carbonyl (C=O) groups is 2. The molecule has 3 nitrogen and oxygen atoms in total. The number of Topliss-reactive ketones (excluding diaryl/α,β-unsaturated/α-hetero) is 1. The second-order valence-corrected chi connectivity index (χ2v) is 4.73. The van der Waals surface area contributed by atoms with Gasteiger partial charge in [-0.1, -0.05) is 12.5 Å². The first-order chi connectivity index (χ1) is 8.61. The summed E-state index contributed by atoms with van der Waals surface area (Å²) < 4.78 is 0. The molecule has 0 saturated carbocycles. The lowest BCUT2D eigenvalue weighted by Crippen LogP contribution is -1.96. The topological polar surface area (TPSA) is 46.2 Å². The fourth-order valence-electron chi connectivity index (χ4n) is 2.04. The highest BCUT2D eigenvalue weighted by atomic mass is 16.1. The van der Waals surface area contributed by atoms with Crippen LogP contribution in [0, 0.1) is 6.92 Å². The van der Waals surface area contributed by atoms with Crippen LogP contribution in [0.15, 0.2) is 18.2 Å². The van der Waals surface area contributed by atoms with Gasteiger partial charge < -0.3 is 10.1 Å². The lowest BCUT2D eigenvalue weighted by atomic mass is 10.0. The molecule has 1 aromatic carbocycles. The van der Waals surface area contributed by atoms with Crippen LogP contribution in [0.4, 0.5) is 5.69 Å². The van der Waals surface area contributed by atoms with Crippen molar-refractivity contribution in [2.24, 2.45) is 0 Å². The number of aryl methyl sites for hydroxylation is 2. The molecule has 1 aromatic rings. The predicted molar refractivity (Wildman–Crippen MR) is 73.7 cm³/mol. The second-order valence-electron chi connectivity index (χ2n) is 4.73. The Morgan fingerprint density at radius 2 is 2.00 bits per heavy atom. The Bertz CT molecular complexity index is 413. The minimum Gasteiger partial charge on any atom is -0.329 e. The molecule has 0 heterocycles. The molecule has 98 valence electrons. The number of ketones is 1. The maximum absolute atomic E-state index is 10.8. The molecule has 1 rings (SSSR count). The van der Waals surface area contributed by atoms with Gasteiger partial charge in [0.25, 0.3) is 0 Å². The van der Waals surface area contributed by atoms with E-state index in [0.717, 1.165) is 36.9 Å². The van der Waals surface area contributed by atoms with Crippen molar-refractivity contribution in [2.75, 3.05) is 5.32 Å². The molecule has 0 fully saturated rings. The van der Waals surface area contributed by atoms with E-state index in [0.29, 0.717) is 12.8 Å². The Morgan fingerprint density at radius 1 is 1.22 bits per heavy atom. The zero-order chi connectivity index (χ0) is 13.4. The predicted octanol–water partition coefficient (Wildman–Crippen LogP) is 3.26. The zero-order valence-electron chi connectivity index (χ0n) is 11.2. The Balaban J connectivity index is 2.41. The molecule has 0 bridgehead atoms. The average Bonchev–Trinajstić information content (AvgIpc) is 2.28. The number of benzene rings is 1. The van der Waals surface area contributed by atoms with E-state index in [-0.39, 0.29) is 5.78 Å². The van der Waals surface area contributed by atoms with E-state index in [9.17, 15) is 9.59 Å². The summed E-state index contributed by atoms with van der Waals surface area (Å²) in [6.07, 6.45) is 5.51. The standard InChI is InChI=1S/C15H21NO2/c1-12-8-14(10-15(9-12)16-11-17)7-5-3-4-6-13(2)18/h8-11H,3-7H2,1-2H3,(H,16,17). The molecule has 0 spiro atoms. The molecule has 1 amide bonds. The number of anilines is 1. The summed E-state index contributed by atoms with van der Waals surface area (Å²) in [5.74, 6) is 0.267. The van der Waals surface area contributed by atoms with Gasteiger partial charge >= 0.3 is 0 Å². The first-order valence-corrected chi connectivity index (χ1v) is 6.42. The molecule has 0 radical (unpaired) electrons. The first kappa shape index (κ1) is 14.4. The van der Waals surface area contributed by atoms with Crippen molar-refractivity contribution in [3.05, 3.63) is 29.3 Å². The van der Waals surface area contributed by atoms with E-state index >= 15 is 0 Å². The normalized spacial score (nSPS) is 10.1. The van der Waals surface area contributed by atoms with Crippen LogP contribution in [0.5, 0.6) is 0 Å². The van der Waals surface area contributed by atoms with Gasteiger partial charge in [-0.15, -0.1) is 0 Å². The van der Waals surface area contributed by atoms with Gasteiger partial charge in [0.1, 0.15) is 5.78 Å². The van der Waals surface area contributed by atoms with Crippen LogP contribution < -0.4 is 5.32 Å². The molecule has 0 aromatic heterocycles. The van der Waals surface area contributed by atoms with Crippen molar-refractivity contribution < 1.29 is 9.59 Å². The summed E-state index contributed by atoms with van der Waals surface area (Å²) in [6, 6.07) is 6.10. The molecular weight excluding hydrogens is 226 g/mol. The molecule has 3 heteroatoms. The Morgan fingerprint density at radius 3 is 2.67 bits per heavy atom. The summed E-state index contributed by atoms with van der Waals surface area (Å²) in [5, 5.41) is 2.68.